The fraction of sp³-hybridized carbons (Fsp3) is 0.0400. The standard InChI is InChI=1S/C25H21N/c26-24-17-9-15-22(25(24)20-12-5-2-6-13-20)18-21-14-7-8-16-23(21)19-10-3-1-4-11-19/h1-17H,18,26H2. The highest BCUT2D eigenvalue weighted by Crippen LogP contribution is 2.33. The molecule has 4 aromatic carbocycles. The molecule has 0 aromatic heterocycles. The zero-order valence-electron chi connectivity index (χ0n) is 14.6. The zero-order valence-corrected chi connectivity index (χ0v) is 14.6. The molecule has 0 aliphatic carbocycles. The van der Waals surface area contributed by atoms with Gasteiger partial charge >= 0.3 is 0 Å². The van der Waals surface area contributed by atoms with Gasteiger partial charge in [0.2, 0.25) is 0 Å². The van der Waals surface area contributed by atoms with E-state index in [0.717, 1.165) is 23.2 Å². The smallest absolute Gasteiger partial charge is 0.0396 e. The normalized spacial score (nSPS) is 10.6. The molecule has 26 heavy (non-hydrogen) atoms. The summed E-state index contributed by atoms with van der Waals surface area (Å²) in [4.78, 5) is 0. The predicted octanol–water partition coefficient (Wildman–Crippen LogP) is 6.19. The second kappa shape index (κ2) is 7.28. The van der Waals surface area contributed by atoms with E-state index >= 15 is 0 Å². The first-order valence-corrected chi connectivity index (χ1v) is 8.89. The minimum atomic E-state index is 0.825. The maximum atomic E-state index is 6.36. The van der Waals surface area contributed by atoms with Gasteiger partial charge in [0.05, 0.1) is 0 Å². The van der Waals surface area contributed by atoms with Crippen LogP contribution in [0, 0.1) is 0 Å². The third kappa shape index (κ3) is 3.25. The Morgan fingerprint density at radius 2 is 1.08 bits per heavy atom. The molecule has 4 aromatic rings. The molecular weight excluding hydrogens is 314 g/mol. The second-order valence-electron chi connectivity index (χ2n) is 6.45. The first-order chi connectivity index (χ1) is 12.8. The number of anilines is 1. The number of hydrogen-bond acceptors (Lipinski definition) is 1. The molecule has 4 rings (SSSR count). The van der Waals surface area contributed by atoms with Crippen molar-refractivity contribution in [2.24, 2.45) is 0 Å². The maximum absolute atomic E-state index is 6.36. The van der Waals surface area contributed by atoms with Gasteiger partial charge in [0.25, 0.3) is 0 Å². The van der Waals surface area contributed by atoms with E-state index < -0.39 is 0 Å². The Balaban J connectivity index is 1.80. The number of rotatable bonds is 4. The Bertz CT molecular complexity index is 1000. The SMILES string of the molecule is Nc1cccc(Cc2ccccc2-c2ccccc2)c1-c1ccccc1. The van der Waals surface area contributed by atoms with Crippen molar-refractivity contribution in [3.05, 3.63) is 114 Å². The summed E-state index contributed by atoms with van der Waals surface area (Å²) in [6.45, 7) is 0. The number of benzene rings is 4. The minimum absolute atomic E-state index is 0.825. The molecule has 0 amide bonds. The third-order valence-electron chi connectivity index (χ3n) is 4.73. The third-order valence-corrected chi connectivity index (χ3v) is 4.73. The van der Waals surface area contributed by atoms with Crippen molar-refractivity contribution in [3.63, 3.8) is 0 Å². The van der Waals surface area contributed by atoms with Gasteiger partial charge in [0.15, 0.2) is 0 Å². The van der Waals surface area contributed by atoms with E-state index in [-0.39, 0.29) is 0 Å². The van der Waals surface area contributed by atoms with Crippen molar-refractivity contribution in [2.45, 2.75) is 6.42 Å². The number of nitrogens with two attached hydrogens (primary N) is 1. The summed E-state index contributed by atoms with van der Waals surface area (Å²) in [5.41, 5.74) is 14.6. The van der Waals surface area contributed by atoms with Gasteiger partial charge in [-0.05, 0) is 40.3 Å². The van der Waals surface area contributed by atoms with Crippen molar-refractivity contribution >= 4 is 5.69 Å². The molecule has 0 heterocycles. The lowest BCUT2D eigenvalue weighted by atomic mass is 9.90. The predicted molar refractivity (Wildman–Crippen MR) is 111 cm³/mol. The molecule has 0 fully saturated rings. The summed E-state index contributed by atoms with van der Waals surface area (Å²) in [7, 11) is 0. The van der Waals surface area contributed by atoms with Crippen molar-refractivity contribution in [1.82, 2.24) is 0 Å². The van der Waals surface area contributed by atoms with Gasteiger partial charge in [-0.1, -0.05) is 97.1 Å². The van der Waals surface area contributed by atoms with Crippen LogP contribution in [0.2, 0.25) is 0 Å². The Labute approximate surface area is 154 Å². The van der Waals surface area contributed by atoms with E-state index in [1.54, 1.807) is 0 Å². The Morgan fingerprint density at radius 1 is 0.500 bits per heavy atom. The van der Waals surface area contributed by atoms with Gasteiger partial charge in [-0.3, -0.25) is 0 Å². The molecule has 0 unspecified atom stereocenters. The second-order valence-corrected chi connectivity index (χ2v) is 6.45. The molecule has 0 saturated heterocycles. The van der Waals surface area contributed by atoms with E-state index in [9.17, 15) is 0 Å². The molecule has 0 aliphatic rings. The van der Waals surface area contributed by atoms with Crippen molar-refractivity contribution in [2.75, 3.05) is 5.73 Å². The molecule has 1 nitrogen and oxygen atoms in total. The van der Waals surface area contributed by atoms with E-state index in [0.29, 0.717) is 0 Å². The van der Waals surface area contributed by atoms with Crippen LogP contribution >= 0.6 is 0 Å². The van der Waals surface area contributed by atoms with Gasteiger partial charge in [0.1, 0.15) is 0 Å². The molecule has 0 atom stereocenters. The molecule has 2 N–H and O–H groups in total. The van der Waals surface area contributed by atoms with Crippen LogP contribution in [-0.2, 0) is 6.42 Å². The molecule has 0 bridgehead atoms. The molecule has 0 spiro atoms. The lowest BCUT2D eigenvalue weighted by molar-refractivity contribution is 1.20. The summed E-state index contributed by atoms with van der Waals surface area (Å²) in [6.07, 6.45) is 0.848. The average molecular weight is 335 g/mol. The summed E-state index contributed by atoms with van der Waals surface area (Å²) < 4.78 is 0. The quantitative estimate of drug-likeness (QED) is 0.442. The monoisotopic (exact) mass is 335 g/mol. The first kappa shape index (κ1) is 16.2. The van der Waals surface area contributed by atoms with Crippen molar-refractivity contribution < 1.29 is 0 Å². The van der Waals surface area contributed by atoms with E-state index in [1.165, 1.54) is 22.3 Å². The highest BCUT2D eigenvalue weighted by atomic mass is 14.6. The van der Waals surface area contributed by atoms with E-state index in [2.05, 4.69) is 84.9 Å². The fourth-order valence-corrected chi connectivity index (χ4v) is 3.50. The van der Waals surface area contributed by atoms with Gasteiger partial charge in [-0.15, -0.1) is 0 Å². The Hall–Kier alpha value is -3.32. The Kier molecular flexibility index (Phi) is 4.53. The van der Waals surface area contributed by atoms with Crippen molar-refractivity contribution in [3.8, 4) is 22.3 Å². The van der Waals surface area contributed by atoms with Crippen LogP contribution in [0.3, 0.4) is 0 Å². The molecule has 0 aliphatic heterocycles. The van der Waals surface area contributed by atoms with Crippen LogP contribution in [0.4, 0.5) is 5.69 Å². The molecule has 0 saturated carbocycles. The van der Waals surface area contributed by atoms with Crippen LogP contribution in [0.25, 0.3) is 22.3 Å². The average Bonchev–Trinajstić information content (AvgIpc) is 2.70. The lowest BCUT2D eigenvalue weighted by Gasteiger charge is -2.15. The minimum Gasteiger partial charge on any atom is -0.398 e. The zero-order chi connectivity index (χ0) is 17.8. The summed E-state index contributed by atoms with van der Waals surface area (Å²) in [5.74, 6) is 0. The van der Waals surface area contributed by atoms with Gasteiger partial charge in [-0.2, -0.15) is 0 Å². The largest absolute Gasteiger partial charge is 0.398 e. The van der Waals surface area contributed by atoms with Crippen LogP contribution in [0.5, 0.6) is 0 Å². The van der Waals surface area contributed by atoms with E-state index in [1.807, 2.05) is 18.2 Å². The highest BCUT2D eigenvalue weighted by Gasteiger charge is 2.11. The van der Waals surface area contributed by atoms with Crippen molar-refractivity contribution in [1.29, 1.82) is 0 Å². The maximum Gasteiger partial charge on any atom is 0.0396 e. The Morgan fingerprint density at radius 3 is 1.81 bits per heavy atom. The molecule has 0 radical (unpaired) electrons. The van der Waals surface area contributed by atoms with Gasteiger partial charge in [-0.25, -0.2) is 0 Å². The van der Waals surface area contributed by atoms with Crippen LogP contribution in [0.15, 0.2) is 103 Å². The molecule has 126 valence electrons. The molecular formula is C25H21N. The van der Waals surface area contributed by atoms with Crippen LogP contribution in [0.1, 0.15) is 11.1 Å². The van der Waals surface area contributed by atoms with E-state index in [4.69, 9.17) is 5.73 Å². The fourth-order valence-electron chi connectivity index (χ4n) is 3.50. The van der Waals surface area contributed by atoms with Crippen LogP contribution in [-0.4, -0.2) is 0 Å². The number of hydrogen-bond donors (Lipinski definition) is 1. The first-order valence-electron chi connectivity index (χ1n) is 8.89. The highest BCUT2D eigenvalue weighted by molar-refractivity contribution is 5.80. The number of nitrogen functional groups attached to an aromatic ring is 1. The molecule has 1 heteroatoms. The van der Waals surface area contributed by atoms with Crippen LogP contribution < -0.4 is 5.73 Å². The summed E-state index contributed by atoms with van der Waals surface area (Å²) in [5, 5.41) is 0. The lowest BCUT2D eigenvalue weighted by Crippen LogP contribution is -1.98. The van der Waals surface area contributed by atoms with Gasteiger partial charge in [0, 0.05) is 11.3 Å². The summed E-state index contributed by atoms with van der Waals surface area (Å²) >= 11 is 0. The summed E-state index contributed by atoms with van der Waals surface area (Å²) in [6, 6.07) is 35.8. The van der Waals surface area contributed by atoms with Gasteiger partial charge < -0.3 is 5.73 Å². The topological polar surface area (TPSA) is 26.0 Å².